The number of carbonyl (C=O) groups excluding carboxylic acids is 1. The summed E-state index contributed by atoms with van der Waals surface area (Å²) < 4.78 is 5.92. The minimum Gasteiger partial charge on any atom is -0.508 e. The number of aryl methyl sites for hydroxylation is 1. The molecular formula is C23H25N3O3. The third-order valence-corrected chi connectivity index (χ3v) is 5.70. The average molecular weight is 391 g/mol. The average Bonchev–Trinajstić information content (AvgIpc) is 3.24. The third-order valence-electron chi connectivity index (χ3n) is 5.70. The molecule has 3 aromatic rings. The lowest BCUT2D eigenvalue weighted by Gasteiger charge is -2.34. The second-order valence-electron chi connectivity index (χ2n) is 7.71. The first-order valence-electron chi connectivity index (χ1n) is 9.99. The monoisotopic (exact) mass is 391 g/mol. The smallest absolute Gasteiger partial charge is 0.247 e. The van der Waals surface area contributed by atoms with Crippen LogP contribution in [0.15, 0.2) is 52.9 Å². The number of nitrogens with zero attached hydrogens (tertiary/aromatic N) is 3. The van der Waals surface area contributed by atoms with Crippen molar-refractivity contribution in [2.75, 3.05) is 13.1 Å². The maximum atomic E-state index is 12.7. The highest BCUT2D eigenvalue weighted by molar-refractivity contribution is 5.98. The largest absolute Gasteiger partial charge is 0.508 e. The van der Waals surface area contributed by atoms with Crippen molar-refractivity contribution < 1.29 is 14.3 Å². The van der Waals surface area contributed by atoms with Crippen molar-refractivity contribution in [1.82, 2.24) is 15.1 Å². The van der Waals surface area contributed by atoms with Gasteiger partial charge in [-0.2, -0.15) is 0 Å². The van der Waals surface area contributed by atoms with Gasteiger partial charge < -0.3 is 9.52 Å². The number of aromatic nitrogens is 2. The molecule has 4 rings (SSSR count). The summed E-state index contributed by atoms with van der Waals surface area (Å²) >= 11 is 0. The SMILES string of the molecule is Cc1ccc(-c2nnc(C(C)N3CCC(C(=O)c4ccc(O)cc4)CC3)o2)cc1. The number of rotatable bonds is 5. The van der Waals surface area contributed by atoms with Gasteiger partial charge in [0.05, 0.1) is 6.04 Å². The molecule has 1 saturated heterocycles. The zero-order valence-corrected chi connectivity index (χ0v) is 16.7. The van der Waals surface area contributed by atoms with Crippen LogP contribution in [0.3, 0.4) is 0 Å². The standard InChI is InChI=1S/C23H25N3O3/c1-15-3-5-19(6-4-15)23-25-24-22(29-23)16(2)26-13-11-18(12-14-26)21(28)17-7-9-20(27)10-8-17/h3-10,16,18,27H,11-14H2,1-2H3. The molecule has 0 spiro atoms. The van der Waals surface area contributed by atoms with Crippen LogP contribution >= 0.6 is 0 Å². The first-order valence-corrected chi connectivity index (χ1v) is 9.99. The van der Waals surface area contributed by atoms with Gasteiger partial charge in [-0.15, -0.1) is 10.2 Å². The van der Waals surface area contributed by atoms with Crippen LogP contribution in [0, 0.1) is 12.8 Å². The number of aromatic hydroxyl groups is 1. The lowest BCUT2D eigenvalue weighted by Crippen LogP contribution is -2.38. The van der Waals surface area contributed by atoms with Crippen LogP contribution in [-0.2, 0) is 0 Å². The highest BCUT2D eigenvalue weighted by Gasteiger charge is 2.30. The number of phenols is 1. The molecule has 1 aliphatic rings. The first kappa shape index (κ1) is 19.3. The molecule has 1 unspecified atom stereocenters. The Bertz CT molecular complexity index is 971. The van der Waals surface area contributed by atoms with Crippen molar-refractivity contribution in [3.63, 3.8) is 0 Å². The molecule has 0 saturated carbocycles. The van der Waals surface area contributed by atoms with E-state index in [0.29, 0.717) is 17.3 Å². The van der Waals surface area contributed by atoms with Gasteiger partial charge in [0.2, 0.25) is 11.8 Å². The van der Waals surface area contributed by atoms with E-state index in [1.165, 1.54) is 5.56 Å². The van der Waals surface area contributed by atoms with Gasteiger partial charge in [0, 0.05) is 17.0 Å². The molecule has 6 heteroatoms. The number of phenolic OH excluding ortho intramolecular Hbond substituents is 1. The molecule has 0 radical (unpaired) electrons. The summed E-state index contributed by atoms with van der Waals surface area (Å²) in [5.41, 5.74) is 2.76. The molecule has 2 aromatic carbocycles. The van der Waals surface area contributed by atoms with E-state index >= 15 is 0 Å². The second kappa shape index (κ2) is 8.17. The molecule has 1 aliphatic heterocycles. The fourth-order valence-corrected chi connectivity index (χ4v) is 3.78. The van der Waals surface area contributed by atoms with Crippen LogP contribution in [-0.4, -0.2) is 39.1 Å². The van der Waals surface area contributed by atoms with E-state index in [2.05, 4.69) is 22.0 Å². The number of likely N-dealkylation sites (tertiary alicyclic amines) is 1. The van der Waals surface area contributed by atoms with E-state index < -0.39 is 0 Å². The molecule has 0 amide bonds. The second-order valence-corrected chi connectivity index (χ2v) is 7.71. The van der Waals surface area contributed by atoms with Gasteiger partial charge >= 0.3 is 0 Å². The van der Waals surface area contributed by atoms with E-state index in [0.717, 1.165) is 31.5 Å². The Morgan fingerprint density at radius 3 is 2.38 bits per heavy atom. The van der Waals surface area contributed by atoms with Crippen LogP contribution in [0.1, 0.15) is 47.6 Å². The molecule has 29 heavy (non-hydrogen) atoms. The van der Waals surface area contributed by atoms with Crippen LogP contribution in [0.25, 0.3) is 11.5 Å². The summed E-state index contributed by atoms with van der Waals surface area (Å²) in [6.45, 7) is 5.71. The Balaban J connectivity index is 1.38. The number of carbonyl (C=O) groups is 1. The van der Waals surface area contributed by atoms with Gasteiger partial charge in [0.25, 0.3) is 0 Å². The van der Waals surface area contributed by atoms with Gasteiger partial charge in [0.15, 0.2) is 5.78 Å². The molecule has 2 heterocycles. The first-order chi connectivity index (χ1) is 14.0. The summed E-state index contributed by atoms with van der Waals surface area (Å²) in [5, 5.41) is 17.9. The van der Waals surface area contributed by atoms with Gasteiger partial charge in [-0.1, -0.05) is 17.7 Å². The minimum atomic E-state index is 0.00595. The number of piperidine rings is 1. The zero-order valence-electron chi connectivity index (χ0n) is 16.7. The van der Waals surface area contributed by atoms with Crippen molar-refractivity contribution in [2.24, 2.45) is 5.92 Å². The summed E-state index contributed by atoms with van der Waals surface area (Å²) in [7, 11) is 0. The van der Waals surface area contributed by atoms with Crippen molar-refractivity contribution in [3.05, 3.63) is 65.5 Å². The molecule has 1 aromatic heterocycles. The lowest BCUT2D eigenvalue weighted by atomic mass is 9.88. The number of Topliss-reactive ketones (excluding diaryl/α,β-unsaturated/α-hetero) is 1. The summed E-state index contributed by atoms with van der Waals surface area (Å²) in [5.74, 6) is 1.47. The van der Waals surface area contributed by atoms with Crippen LogP contribution in [0.5, 0.6) is 5.75 Å². The number of hydrogen-bond acceptors (Lipinski definition) is 6. The minimum absolute atomic E-state index is 0.00595. The Kier molecular flexibility index (Phi) is 5.45. The van der Waals surface area contributed by atoms with E-state index in [-0.39, 0.29) is 23.5 Å². The van der Waals surface area contributed by atoms with E-state index in [1.807, 2.05) is 31.2 Å². The molecule has 150 valence electrons. The number of hydrogen-bond donors (Lipinski definition) is 1. The highest BCUT2D eigenvalue weighted by Crippen LogP contribution is 2.29. The van der Waals surface area contributed by atoms with Crippen molar-refractivity contribution in [3.8, 4) is 17.2 Å². The summed E-state index contributed by atoms with van der Waals surface area (Å²) in [6.07, 6.45) is 1.59. The van der Waals surface area contributed by atoms with Crippen molar-refractivity contribution in [1.29, 1.82) is 0 Å². The van der Waals surface area contributed by atoms with Crippen LogP contribution < -0.4 is 0 Å². The molecule has 6 nitrogen and oxygen atoms in total. The molecule has 0 bridgehead atoms. The Morgan fingerprint density at radius 2 is 1.72 bits per heavy atom. The van der Waals surface area contributed by atoms with E-state index in [4.69, 9.17) is 4.42 Å². The normalized spacial score (nSPS) is 16.6. The van der Waals surface area contributed by atoms with Crippen LogP contribution in [0.4, 0.5) is 0 Å². The Labute approximate surface area is 170 Å². The molecular weight excluding hydrogens is 366 g/mol. The van der Waals surface area contributed by atoms with Crippen molar-refractivity contribution >= 4 is 5.78 Å². The van der Waals surface area contributed by atoms with E-state index in [9.17, 15) is 9.90 Å². The van der Waals surface area contributed by atoms with Crippen LogP contribution in [0.2, 0.25) is 0 Å². The van der Waals surface area contributed by atoms with Crippen molar-refractivity contribution in [2.45, 2.75) is 32.7 Å². The fraction of sp³-hybridized carbons (Fsp3) is 0.348. The Hall–Kier alpha value is -2.99. The maximum Gasteiger partial charge on any atom is 0.247 e. The highest BCUT2D eigenvalue weighted by atomic mass is 16.4. The molecule has 0 aliphatic carbocycles. The fourth-order valence-electron chi connectivity index (χ4n) is 3.78. The Morgan fingerprint density at radius 1 is 1.07 bits per heavy atom. The molecule has 1 atom stereocenters. The molecule has 1 fully saturated rings. The predicted octanol–water partition coefficient (Wildman–Crippen LogP) is 4.41. The van der Waals surface area contributed by atoms with Gasteiger partial charge in [0.1, 0.15) is 5.75 Å². The quantitative estimate of drug-likeness (QED) is 0.649. The maximum absolute atomic E-state index is 12.7. The third kappa shape index (κ3) is 4.22. The number of benzene rings is 2. The predicted molar refractivity (Wildman–Crippen MR) is 110 cm³/mol. The number of ketones is 1. The zero-order chi connectivity index (χ0) is 20.4. The summed E-state index contributed by atoms with van der Waals surface area (Å²) in [6, 6.07) is 14.5. The van der Waals surface area contributed by atoms with Gasteiger partial charge in [-0.05, 0) is 76.2 Å². The van der Waals surface area contributed by atoms with Gasteiger partial charge in [-0.3, -0.25) is 9.69 Å². The molecule has 1 N–H and O–H groups in total. The van der Waals surface area contributed by atoms with Gasteiger partial charge in [-0.25, -0.2) is 0 Å². The lowest BCUT2D eigenvalue weighted by molar-refractivity contribution is 0.0782. The topological polar surface area (TPSA) is 79.5 Å². The van der Waals surface area contributed by atoms with E-state index in [1.54, 1.807) is 24.3 Å². The summed E-state index contributed by atoms with van der Waals surface area (Å²) in [4.78, 5) is 15.0.